The molecule has 0 bridgehead atoms. The predicted octanol–water partition coefficient (Wildman–Crippen LogP) is 4.32. The third-order valence-corrected chi connectivity index (χ3v) is 3.98. The molecule has 1 amide bonds. The number of amides is 1. The van der Waals surface area contributed by atoms with E-state index in [0.29, 0.717) is 11.9 Å². The van der Waals surface area contributed by atoms with Crippen molar-refractivity contribution in [3.8, 4) is 0 Å². The van der Waals surface area contributed by atoms with Crippen LogP contribution in [-0.4, -0.2) is 35.5 Å². The molecule has 1 aliphatic heterocycles. The maximum absolute atomic E-state index is 11.4. The van der Waals surface area contributed by atoms with Crippen LogP contribution in [0.2, 0.25) is 0 Å². The molecule has 4 nitrogen and oxygen atoms in total. The van der Waals surface area contributed by atoms with Crippen molar-refractivity contribution >= 4 is 11.9 Å². The molecule has 130 valence electrons. The van der Waals surface area contributed by atoms with E-state index in [1.54, 1.807) is 0 Å². The van der Waals surface area contributed by atoms with E-state index in [-0.39, 0.29) is 12.1 Å². The first-order valence-electron chi connectivity index (χ1n) is 8.92. The van der Waals surface area contributed by atoms with Gasteiger partial charge < -0.3 is 9.64 Å². The molecule has 2 atom stereocenters. The van der Waals surface area contributed by atoms with Crippen LogP contribution in [0.3, 0.4) is 0 Å². The number of likely N-dealkylation sites (tertiary alicyclic amines) is 1. The van der Waals surface area contributed by atoms with E-state index < -0.39 is 0 Å². The van der Waals surface area contributed by atoms with Crippen LogP contribution in [0.4, 0.5) is 0 Å². The van der Waals surface area contributed by atoms with Gasteiger partial charge in [0.25, 0.3) is 0 Å². The van der Waals surface area contributed by atoms with Crippen molar-refractivity contribution in [1.82, 2.24) is 4.90 Å². The predicted molar refractivity (Wildman–Crippen MR) is 90.7 cm³/mol. The minimum Gasteiger partial charge on any atom is -0.463 e. The van der Waals surface area contributed by atoms with E-state index in [2.05, 4.69) is 25.7 Å². The van der Waals surface area contributed by atoms with Gasteiger partial charge in [-0.05, 0) is 32.6 Å². The molecule has 0 aliphatic carbocycles. The molecular weight excluding hydrogens is 278 g/mol. The van der Waals surface area contributed by atoms with E-state index in [0.717, 1.165) is 45.1 Å². The normalized spacial score (nSPS) is 16.8. The van der Waals surface area contributed by atoms with Crippen LogP contribution in [0.25, 0.3) is 0 Å². The number of carbonyl (C=O) groups excluding carboxylic acids is 2. The molecule has 1 heterocycles. The first kappa shape index (κ1) is 20.9. The molecule has 0 radical (unpaired) electrons. The monoisotopic (exact) mass is 313 g/mol. The first-order valence-corrected chi connectivity index (χ1v) is 8.92. The summed E-state index contributed by atoms with van der Waals surface area (Å²) in [5.74, 6) is 0.193. The Morgan fingerprint density at radius 1 is 1.23 bits per heavy atom. The highest BCUT2D eigenvalue weighted by Crippen LogP contribution is 2.18. The number of ether oxygens (including phenoxy) is 1. The lowest BCUT2D eigenvalue weighted by atomic mass is 10.1. The van der Waals surface area contributed by atoms with Gasteiger partial charge in [0.15, 0.2) is 0 Å². The molecule has 0 aromatic heterocycles. The largest absolute Gasteiger partial charge is 0.463 e. The number of nitrogens with zero attached hydrogens (tertiary/aromatic N) is 1. The van der Waals surface area contributed by atoms with Crippen molar-refractivity contribution in [1.29, 1.82) is 0 Å². The minimum atomic E-state index is -0.177. The van der Waals surface area contributed by atoms with Gasteiger partial charge >= 0.3 is 5.97 Å². The fraction of sp³-hybridized carbons (Fsp3) is 0.889. The van der Waals surface area contributed by atoms with E-state index in [1.165, 1.54) is 19.8 Å². The van der Waals surface area contributed by atoms with Gasteiger partial charge in [0.05, 0.1) is 6.10 Å². The molecule has 22 heavy (non-hydrogen) atoms. The van der Waals surface area contributed by atoms with E-state index in [4.69, 9.17) is 4.74 Å². The topological polar surface area (TPSA) is 46.6 Å². The molecule has 1 aliphatic rings. The summed E-state index contributed by atoms with van der Waals surface area (Å²) in [6.45, 7) is 10.9. The number of rotatable bonds is 8. The van der Waals surface area contributed by atoms with Crippen molar-refractivity contribution in [2.45, 2.75) is 98.1 Å². The Bertz CT molecular complexity index is 317. The quantitative estimate of drug-likeness (QED) is 0.627. The number of hydrogen-bond acceptors (Lipinski definition) is 3. The molecule has 1 saturated heterocycles. The second-order valence-electron chi connectivity index (χ2n) is 6.10. The molecular formula is C18H35NO3. The molecule has 0 N–H and O–H groups in total. The van der Waals surface area contributed by atoms with Crippen molar-refractivity contribution in [2.24, 2.45) is 0 Å². The Balaban J connectivity index is 0.000000409. The van der Waals surface area contributed by atoms with Crippen LogP contribution < -0.4 is 0 Å². The van der Waals surface area contributed by atoms with Gasteiger partial charge in [-0.3, -0.25) is 9.59 Å². The van der Waals surface area contributed by atoms with Crippen LogP contribution in [0.5, 0.6) is 0 Å². The van der Waals surface area contributed by atoms with E-state index in [9.17, 15) is 9.59 Å². The fourth-order valence-electron chi connectivity index (χ4n) is 2.80. The highest BCUT2D eigenvalue weighted by molar-refractivity contribution is 5.78. The standard InChI is InChI=1S/C10H19NO.C8H16O2/c1-3-6-9(4-2)11-8-5-7-10(11)12;1-4-5-6-7(2)10-8(3)9/h9H,3-8H2,1-2H3;7H,4-6H2,1-3H3. The summed E-state index contributed by atoms with van der Waals surface area (Å²) in [6.07, 6.45) is 8.68. The van der Waals surface area contributed by atoms with Gasteiger partial charge in [0.2, 0.25) is 5.91 Å². The van der Waals surface area contributed by atoms with Crippen LogP contribution in [-0.2, 0) is 14.3 Å². The van der Waals surface area contributed by atoms with Crippen LogP contribution in [0.15, 0.2) is 0 Å². The highest BCUT2D eigenvalue weighted by Gasteiger charge is 2.25. The van der Waals surface area contributed by atoms with E-state index >= 15 is 0 Å². The zero-order valence-corrected chi connectivity index (χ0v) is 15.2. The Kier molecular flexibility index (Phi) is 11.9. The molecule has 1 rings (SSSR count). The SMILES string of the molecule is CCCC(CC)N1CCCC1=O.CCCCC(C)OC(C)=O. The maximum Gasteiger partial charge on any atom is 0.302 e. The van der Waals surface area contributed by atoms with Crippen molar-refractivity contribution < 1.29 is 14.3 Å². The third kappa shape index (κ3) is 9.06. The van der Waals surface area contributed by atoms with Gasteiger partial charge in [-0.2, -0.15) is 0 Å². The number of unbranched alkanes of at least 4 members (excludes halogenated alkanes) is 1. The Morgan fingerprint density at radius 2 is 1.91 bits per heavy atom. The summed E-state index contributed by atoms with van der Waals surface area (Å²) in [6, 6.07) is 0.519. The molecule has 0 saturated carbocycles. The molecule has 1 fully saturated rings. The summed E-state index contributed by atoms with van der Waals surface area (Å²) >= 11 is 0. The molecule has 2 unspecified atom stereocenters. The molecule has 0 aromatic carbocycles. The van der Waals surface area contributed by atoms with Gasteiger partial charge in [0, 0.05) is 25.9 Å². The van der Waals surface area contributed by atoms with Gasteiger partial charge in [0.1, 0.15) is 0 Å². The van der Waals surface area contributed by atoms with Crippen molar-refractivity contribution in [2.75, 3.05) is 6.54 Å². The summed E-state index contributed by atoms with van der Waals surface area (Å²) < 4.78 is 4.91. The van der Waals surface area contributed by atoms with Crippen molar-refractivity contribution in [3.63, 3.8) is 0 Å². The average Bonchev–Trinajstić information content (AvgIpc) is 2.88. The Hall–Kier alpha value is -1.06. The summed E-state index contributed by atoms with van der Waals surface area (Å²) in [7, 11) is 0. The number of hydrogen-bond donors (Lipinski definition) is 0. The minimum absolute atomic E-state index is 0.0949. The smallest absolute Gasteiger partial charge is 0.302 e. The fourth-order valence-corrected chi connectivity index (χ4v) is 2.80. The lowest BCUT2D eigenvalue weighted by molar-refractivity contribution is -0.145. The second-order valence-corrected chi connectivity index (χ2v) is 6.10. The van der Waals surface area contributed by atoms with Crippen molar-refractivity contribution in [3.05, 3.63) is 0 Å². The molecule has 0 aromatic rings. The summed E-state index contributed by atoms with van der Waals surface area (Å²) in [4.78, 5) is 23.8. The number of esters is 1. The molecule has 4 heteroatoms. The Labute approximate surface area is 136 Å². The Morgan fingerprint density at radius 3 is 2.32 bits per heavy atom. The summed E-state index contributed by atoms with van der Waals surface area (Å²) in [5.41, 5.74) is 0. The lowest BCUT2D eigenvalue weighted by Crippen LogP contribution is -2.35. The van der Waals surface area contributed by atoms with Crippen LogP contribution >= 0.6 is 0 Å². The molecule has 0 spiro atoms. The zero-order valence-electron chi connectivity index (χ0n) is 15.2. The zero-order chi connectivity index (χ0) is 17.0. The van der Waals surface area contributed by atoms with Gasteiger partial charge in [-0.15, -0.1) is 0 Å². The highest BCUT2D eigenvalue weighted by atomic mass is 16.5. The van der Waals surface area contributed by atoms with Gasteiger partial charge in [-0.1, -0.05) is 40.0 Å². The lowest BCUT2D eigenvalue weighted by Gasteiger charge is -2.26. The second kappa shape index (κ2) is 12.5. The van der Waals surface area contributed by atoms with E-state index in [1.807, 2.05) is 6.92 Å². The van der Waals surface area contributed by atoms with Crippen LogP contribution in [0.1, 0.15) is 86.0 Å². The third-order valence-electron chi connectivity index (χ3n) is 3.98. The first-order chi connectivity index (χ1) is 10.5. The average molecular weight is 313 g/mol. The van der Waals surface area contributed by atoms with Crippen LogP contribution in [0, 0.1) is 0 Å². The maximum atomic E-state index is 11.4. The van der Waals surface area contributed by atoms with Gasteiger partial charge in [-0.25, -0.2) is 0 Å². The number of carbonyl (C=O) groups is 2. The summed E-state index contributed by atoms with van der Waals surface area (Å²) in [5, 5.41) is 0.